The van der Waals surface area contributed by atoms with Crippen LogP contribution in [0.5, 0.6) is 0 Å². The predicted octanol–water partition coefficient (Wildman–Crippen LogP) is 2.89. The molecule has 0 saturated carbocycles. The summed E-state index contributed by atoms with van der Waals surface area (Å²) in [5.41, 5.74) is 3.35. The fourth-order valence-electron chi connectivity index (χ4n) is 4.23. The van der Waals surface area contributed by atoms with Crippen molar-refractivity contribution in [2.24, 2.45) is 5.92 Å². The second kappa shape index (κ2) is 8.74. The topological polar surface area (TPSA) is 48.5 Å². The minimum Gasteiger partial charge on any atom is -0.353 e. The van der Waals surface area contributed by atoms with Crippen molar-refractivity contribution in [3.8, 4) is 0 Å². The number of rotatable bonds is 4. The highest BCUT2D eigenvalue weighted by atomic mass is 16.2. The van der Waals surface area contributed by atoms with Gasteiger partial charge in [0.05, 0.1) is 0 Å². The van der Waals surface area contributed by atoms with E-state index in [1.54, 1.807) is 0 Å². The fraction of sp³-hybridized carbons (Fsp3) is 0.478. The van der Waals surface area contributed by atoms with Gasteiger partial charge in [-0.25, -0.2) is 4.98 Å². The molecular weight excluding hydrogens is 348 g/mol. The van der Waals surface area contributed by atoms with Gasteiger partial charge in [-0.15, -0.1) is 0 Å². The van der Waals surface area contributed by atoms with Crippen LogP contribution in [-0.2, 0) is 6.42 Å². The lowest BCUT2D eigenvalue weighted by atomic mass is 9.92. The zero-order chi connectivity index (χ0) is 19.3. The molecule has 0 aliphatic carbocycles. The monoisotopic (exact) mass is 378 g/mol. The summed E-state index contributed by atoms with van der Waals surface area (Å²) in [4.78, 5) is 21.6. The largest absolute Gasteiger partial charge is 0.353 e. The van der Waals surface area contributed by atoms with Crippen LogP contribution in [0.3, 0.4) is 0 Å². The number of piperazine rings is 1. The molecule has 2 aliphatic heterocycles. The van der Waals surface area contributed by atoms with Gasteiger partial charge in [0.15, 0.2) is 0 Å². The zero-order valence-corrected chi connectivity index (χ0v) is 16.7. The molecule has 1 aromatic heterocycles. The molecule has 0 unspecified atom stereocenters. The third-order valence-electron chi connectivity index (χ3n) is 5.92. The number of anilines is 1. The molecule has 3 heterocycles. The van der Waals surface area contributed by atoms with Crippen LogP contribution in [0.4, 0.5) is 5.82 Å². The number of hydrogen-bond acceptors (Lipinski definition) is 4. The Labute approximate surface area is 167 Å². The quantitative estimate of drug-likeness (QED) is 0.889. The minimum atomic E-state index is 0.141. The van der Waals surface area contributed by atoms with Gasteiger partial charge in [-0.3, -0.25) is 4.79 Å². The maximum absolute atomic E-state index is 12.9. The van der Waals surface area contributed by atoms with Crippen LogP contribution in [-0.4, -0.2) is 55.1 Å². The Bertz CT molecular complexity index is 791. The van der Waals surface area contributed by atoms with E-state index < -0.39 is 0 Å². The van der Waals surface area contributed by atoms with E-state index in [1.807, 2.05) is 29.3 Å². The van der Waals surface area contributed by atoms with Gasteiger partial charge in [0.1, 0.15) is 5.82 Å². The first-order valence-corrected chi connectivity index (χ1v) is 10.5. The molecule has 2 saturated heterocycles. The highest BCUT2D eigenvalue weighted by molar-refractivity contribution is 5.94. The van der Waals surface area contributed by atoms with Crippen molar-refractivity contribution in [2.75, 3.05) is 44.2 Å². The van der Waals surface area contributed by atoms with Crippen LogP contribution in [0.25, 0.3) is 0 Å². The van der Waals surface area contributed by atoms with Crippen LogP contribution in [0.1, 0.15) is 34.3 Å². The molecule has 0 radical (unpaired) electrons. The molecule has 0 spiro atoms. The first-order valence-electron chi connectivity index (χ1n) is 10.5. The van der Waals surface area contributed by atoms with Gasteiger partial charge in [-0.2, -0.15) is 0 Å². The van der Waals surface area contributed by atoms with Crippen LogP contribution in [0.2, 0.25) is 0 Å². The van der Waals surface area contributed by atoms with Gasteiger partial charge in [0, 0.05) is 37.9 Å². The molecular formula is C23H30N4O. The number of aromatic nitrogens is 1. The molecule has 5 heteroatoms. The molecule has 28 heavy (non-hydrogen) atoms. The maximum atomic E-state index is 12.9. The van der Waals surface area contributed by atoms with E-state index in [1.165, 1.54) is 24.0 Å². The Morgan fingerprint density at radius 1 is 1.14 bits per heavy atom. The number of pyridine rings is 1. The van der Waals surface area contributed by atoms with Gasteiger partial charge < -0.3 is 15.1 Å². The molecule has 4 rings (SSSR count). The minimum absolute atomic E-state index is 0.141. The lowest BCUT2D eigenvalue weighted by Gasteiger charge is -2.35. The zero-order valence-electron chi connectivity index (χ0n) is 16.7. The van der Waals surface area contributed by atoms with E-state index >= 15 is 0 Å². The number of hydrogen-bond donors (Lipinski definition) is 1. The van der Waals surface area contributed by atoms with Crippen LogP contribution >= 0.6 is 0 Å². The Hall–Kier alpha value is -2.40. The summed E-state index contributed by atoms with van der Waals surface area (Å²) in [5.74, 6) is 1.87. The summed E-state index contributed by atoms with van der Waals surface area (Å²) >= 11 is 0. The Kier molecular flexibility index (Phi) is 5.91. The molecule has 1 N–H and O–H groups in total. The summed E-state index contributed by atoms with van der Waals surface area (Å²) in [7, 11) is 0. The third-order valence-corrected chi connectivity index (χ3v) is 5.92. The van der Waals surface area contributed by atoms with Crippen molar-refractivity contribution in [3.05, 3.63) is 59.3 Å². The highest BCUT2D eigenvalue weighted by Gasteiger charge is 2.23. The van der Waals surface area contributed by atoms with Crippen molar-refractivity contribution in [3.63, 3.8) is 0 Å². The van der Waals surface area contributed by atoms with Gasteiger partial charge in [-0.05, 0) is 80.6 Å². The number of benzene rings is 1. The Balaban J connectivity index is 1.32. The SMILES string of the molecule is Cc1ccnc(N2CCN(C(=O)c3ccc(C[C@H]4CCCNC4)cc3)CC2)c1. The highest BCUT2D eigenvalue weighted by Crippen LogP contribution is 2.19. The van der Waals surface area contributed by atoms with Gasteiger partial charge in [-0.1, -0.05) is 12.1 Å². The molecule has 1 atom stereocenters. The number of aryl methyl sites for hydroxylation is 1. The van der Waals surface area contributed by atoms with Crippen LogP contribution in [0, 0.1) is 12.8 Å². The third kappa shape index (κ3) is 4.53. The second-order valence-electron chi connectivity index (χ2n) is 8.08. The average molecular weight is 379 g/mol. The molecule has 1 aromatic carbocycles. The van der Waals surface area contributed by atoms with Crippen LogP contribution in [0.15, 0.2) is 42.6 Å². The van der Waals surface area contributed by atoms with E-state index in [0.717, 1.165) is 63.0 Å². The first kappa shape index (κ1) is 18.9. The molecule has 148 valence electrons. The molecule has 2 fully saturated rings. The molecule has 0 bridgehead atoms. The lowest BCUT2D eigenvalue weighted by molar-refractivity contribution is 0.0746. The summed E-state index contributed by atoms with van der Waals surface area (Å²) in [6.07, 6.45) is 5.52. The standard InChI is InChI=1S/C23H30N4O/c1-18-8-10-25-22(15-18)26-11-13-27(14-12-26)23(28)21-6-4-19(5-7-21)16-20-3-2-9-24-17-20/h4-8,10,15,20,24H,2-3,9,11-14,16-17H2,1H3/t20-/m1/s1. The summed E-state index contributed by atoms with van der Waals surface area (Å²) in [6, 6.07) is 12.4. The number of piperidine rings is 1. The van der Waals surface area contributed by atoms with E-state index in [-0.39, 0.29) is 5.91 Å². The van der Waals surface area contributed by atoms with E-state index in [9.17, 15) is 4.79 Å². The number of nitrogens with zero attached hydrogens (tertiary/aromatic N) is 3. The average Bonchev–Trinajstić information content (AvgIpc) is 2.75. The summed E-state index contributed by atoms with van der Waals surface area (Å²) in [5, 5.41) is 3.48. The second-order valence-corrected chi connectivity index (χ2v) is 8.08. The van der Waals surface area contributed by atoms with Crippen molar-refractivity contribution < 1.29 is 4.79 Å². The predicted molar refractivity (Wildman–Crippen MR) is 113 cm³/mol. The molecule has 2 aromatic rings. The van der Waals surface area contributed by atoms with Crippen LogP contribution < -0.4 is 10.2 Å². The number of carbonyl (C=O) groups excluding carboxylic acids is 1. The van der Waals surface area contributed by atoms with Crippen molar-refractivity contribution >= 4 is 11.7 Å². The van der Waals surface area contributed by atoms with Gasteiger partial charge in [0.25, 0.3) is 5.91 Å². The molecule has 1 amide bonds. The number of amides is 1. The number of nitrogens with one attached hydrogen (secondary N) is 1. The van der Waals surface area contributed by atoms with Gasteiger partial charge >= 0.3 is 0 Å². The smallest absolute Gasteiger partial charge is 0.253 e. The maximum Gasteiger partial charge on any atom is 0.253 e. The van der Waals surface area contributed by atoms with Gasteiger partial charge in [0.2, 0.25) is 0 Å². The Morgan fingerprint density at radius 2 is 1.93 bits per heavy atom. The first-order chi connectivity index (χ1) is 13.7. The lowest BCUT2D eigenvalue weighted by Crippen LogP contribution is -2.49. The normalized spacial score (nSPS) is 20.2. The molecule has 2 aliphatic rings. The molecule has 5 nitrogen and oxygen atoms in total. The number of carbonyl (C=O) groups is 1. The Morgan fingerprint density at radius 3 is 2.61 bits per heavy atom. The van der Waals surface area contributed by atoms with Crippen molar-refractivity contribution in [1.29, 1.82) is 0 Å². The van der Waals surface area contributed by atoms with E-state index in [2.05, 4.69) is 40.3 Å². The fourth-order valence-corrected chi connectivity index (χ4v) is 4.23. The summed E-state index contributed by atoms with van der Waals surface area (Å²) < 4.78 is 0. The summed E-state index contributed by atoms with van der Waals surface area (Å²) in [6.45, 7) is 7.48. The van der Waals surface area contributed by atoms with E-state index in [4.69, 9.17) is 0 Å². The van der Waals surface area contributed by atoms with Crippen molar-refractivity contribution in [2.45, 2.75) is 26.2 Å². The van der Waals surface area contributed by atoms with E-state index in [0.29, 0.717) is 0 Å². The van der Waals surface area contributed by atoms with Crippen molar-refractivity contribution in [1.82, 2.24) is 15.2 Å².